The van der Waals surface area contributed by atoms with E-state index in [9.17, 15) is 0 Å². The first-order valence-corrected chi connectivity index (χ1v) is 11.0. The van der Waals surface area contributed by atoms with E-state index in [1.54, 1.807) is 12.7 Å². The van der Waals surface area contributed by atoms with Crippen LogP contribution in [0.5, 0.6) is 11.5 Å². The van der Waals surface area contributed by atoms with Gasteiger partial charge in [-0.3, -0.25) is 0 Å². The highest BCUT2D eigenvalue weighted by molar-refractivity contribution is 9.10. The van der Waals surface area contributed by atoms with E-state index in [0.29, 0.717) is 23.1 Å². The number of methoxy groups -OCH3 is 1. The summed E-state index contributed by atoms with van der Waals surface area (Å²) in [6, 6.07) is 11.8. The van der Waals surface area contributed by atoms with Gasteiger partial charge in [-0.15, -0.1) is 0 Å². The number of halogens is 2. The van der Waals surface area contributed by atoms with Crippen molar-refractivity contribution in [2.24, 2.45) is 0 Å². The van der Waals surface area contributed by atoms with Crippen LogP contribution in [0.4, 0.5) is 0 Å². The van der Waals surface area contributed by atoms with Crippen molar-refractivity contribution in [1.82, 2.24) is 5.32 Å². The highest BCUT2D eigenvalue weighted by Gasteiger charge is 2.13. The molecule has 150 valence electrons. The molecule has 0 atom stereocenters. The van der Waals surface area contributed by atoms with Gasteiger partial charge in [0, 0.05) is 17.1 Å². The molecule has 0 saturated carbocycles. The van der Waals surface area contributed by atoms with E-state index in [-0.39, 0.29) is 0 Å². The highest BCUT2D eigenvalue weighted by atomic mass is 79.9. The van der Waals surface area contributed by atoms with E-state index in [2.05, 4.69) is 33.4 Å². The normalized spacial score (nSPS) is 13.9. The van der Waals surface area contributed by atoms with Crippen LogP contribution in [0.2, 0.25) is 5.02 Å². The lowest BCUT2D eigenvalue weighted by Gasteiger charge is -2.16. The molecular weight excluding hydrogens is 438 g/mol. The predicted molar refractivity (Wildman–Crippen MR) is 119 cm³/mol. The maximum Gasteiger partial charge on any atom is 0.175 e. The lowest BCUT2D eigenvalue weighted by Crippen LogP contribution is -2.16. The summed E-state index contributed by atoms with van der Waals surface area (Å²) >= 11 is 9.85. The van der Waals surface area contributed by atoms with Crippen molar-refractivity contribution < 1.29 is 9.47 Å². The van der Waals surface area contributed by atoms with E-state index < -0.39 is 0 Å². The summed E-state index contributed by atoms with van der Waals surface area (Å²) in [6.45, 7) is 2.19. The van der Waals surface area contributed by atoms with Gasteiger partial charge in [0.05, 0.1) is 11.6 Å². The maximum atomic E-state index is 6.22. The minimum Gasteiger partial charge on any atom is -0.493 e. The van der Waals surface area contributed by atoms with Gasteiger partial charge in [-0.05, 0) is 78.3 Å². The van der Waals surface area contributed by atoms with Gasteiger partial charge in [0.15, 0.2) is 11.5 Å². The maximum absolute atomic E-state index is 6.22. The lowest BCUT2D eigenvalue weighted by atomic mass is 9.97. The lowest BCUT2D eigenvalue weighted by molar-refractivity contribution is 0.282. The Labute approximate surface area is 181 Å². The molecule has 3 nitrogen and oxygen atoms in total. The summed E-state index contributed by atoms with van der Waals surface area (Å²) < 4.78 is 12.4. The molecule has 0 aromatic heterocycles. The summed E-state index contributed by atoms with van der Waals surface area (Å²) in [5.74, 6) is 1.41. The fourth-order valence-electron chi connectivity index (χ4n) is 3.39. The van der Waals surface area contributed by atoms with Crippen molar-refractivity contribution >= 4 is 27.5 Å². The van der Waals surface area contributed by atoms with Gasteiger partial charge in [0.1, 0.15) is 6.61 Å². The molecule has 0 spiro atoms. The Kier molecular flexibility index (Phi) is 8.26. The highest BCUT2D eigenvalue weighted by Crippen LogP contribution is 2.37. The predicted octanol–water partition coefficient (Wildman–Crippen LogP) is 6.67. The molecule has 28 heavy (non-hydrogen) atoms. The number of allylic oxidation sites excluding steroid dienone is 1. The van der Waals surface area contributed by atoms with Crippen molar-refractivity contribution in [1.29, 1.82) is 0 Å². The number of nitrogens with one attached hydrogen (secondary N) is 1. The van der Waals surface area contributed by atoms with Crippen LogP contribution in [0.15, 0.2) is 52.5 Å². The fraction of sp³-hybridized carbons (Fsp3) is 0.391. The first kappa shape index (κ1) is 21.2. The zero-order valence-electron chi connectivity index (χ0n) is 16.3. The second-order valence-electron chi connectivity index (χ2n) is 7.02. The molecule has 1 aliphatic carbocycles. The summed E-state index contributed by atoms with van der Waals surface area (Å²) in [5.41, 5.74) is 3.70. The van der Waals surface area contributed by atoms with Crippen LogP contribution in [-0.4, -0.2) is 13.7 Å². The number of hydrogen-bond donors (Lipinski definition) is 1. The zero-order chi connectivity index (χ0) is 19.8. The summed E-state index contributed by atoms with van der Waals surface area (Å²) in [5, 5.41) is 4.24. The van der Waals surface area contributed by atoms with Crippen molar-refractivity contribution in [2.45, 2.75) is 45.3 Å². The Morgan fingerprint density at radius 1 is 1.18 bits per heavy atom. The van der Waals surface area contributed by atoms with Gasteiger partial charge >= 0.3 is 0 Å². The van der Waals surface area contributed by atoms with Crippen LogP contribution < -0.4 is 14.8 Å². The third-order valence-electron chi connectivity index (χ3n) is 4.96. The van der Waals surface area contributed by atoms with Crippen LogP contribution in [0.1, 0.15) is 43.2 Å². The summed E-state index contributed by atoms with van der Waals surface area (Å²) in [4.78, 5) is 0. The Balaban J connectivity index is 1.57. The Morgan fingerprint density at radius 3 is 2.79 bits per heavy atom. The van der Waals surface area contributed by atoms with Crippen LogP contribution in [0.25, 0.3) is 0 Å². The molecule has 0 saturated heterocycles. The van der Waals surface area contributed by atoms with Crippen LogP contribution in [0.3, 0.4) is 0 Å². The van der Waals surface area contributed by atoms with E-state index in [0.717, 1.165) is 35.1 Å². The second kappa shape index (κ2) is 10.9. The average Bonchev–Trinajstić information content (AvgIpc) is 2.72. The molecule has 0 amide bonds. The van der Waals surface area contributed by atoms with E-state index in [1.807, 2.05) is 30.3 Å². The van der Waals surface area contributed by atoms with Crippen molar-refractivity contribution in [2.75, 3.05) is 13.7 Å². The SMILES string of the molecule is COc1cc(CNCCC2=CCCCC2)cc(Br)c1OCc1ccccc1Cl. The van der Waals surface area contributed by atoms with Gasteiger partial charge in [-0.1, -0.05) is 41.4 Å². The van der Waals surface area contributed by atoms with Crippen LogP contribution in [0, 0.1) is 0 Å². The molecule has 0 fully saturated rings. The zero-order valence-corrected chi connectivity index (χ0v) is 18.6. The molecule has 2 aromatic carbocycles. The monoisotopic (exact) mass is 463 g/mol. The second-order valence-corrected chi connectivity index (χ2v) is 8.29. The molecule has 0 heterocycles. The minimum absolute atomic E-state index is 0.390. The summed E-state index contributed by atoms with van der Waals surface area (Å²) in [6.07, 6.45) is 8.74. The topological polar surface area (TPSA) is 30.5 Å². The first-order valence-electron chi connectivity index (χ1n) is 9.78. The van der Waals surface area contributed by atoms with Crippen LogP contribution in [-0.2, 0) is 13.2 Å². The molecular formula is C23H27BrClNO2. The Morgan fingerprint density at radius 2 is 2.04 bits per heavy atom. The molecule has 0 radical (unpaired) electrons. The van der Waals surface area contributed by atoms with Gasteiger partial charge in [0.2, 0.25) is 0 Å². The third-order valence-corrected chi connectivity index (χ3v) is 5.91. The molecule has 5 heteroatoms. The van der Waals surface area contributed by atoms with Gasteiger partial charge in [-0.25, -0.2) is 0 Å². The van der Waals surface area contributed by atoms with Crippen molar-refractivity contribution in [3.63, 3.8) is 0 Å². The number of benzene rings is 2. The molecule has 0 unspecified atom stereocenters. The van der Waals surface area contributed by atoms with Gasteiger partial charge in [0.25, 0.3) is 0 Å². The summed E-state index contributed by atoms with van der Waals surface area (Å²) in [7, 11) is 1.66. The van der Waals surface area contributed by atoms with E-state index in [4.69, 9.17) is 21.1 Å². The van der Waals surface area contributed by atoms with E-state index >= 15 is 0 Å². The molecule has 0 bridgehead atoms. The minimum atomic E-state index is 0.390. The smallest absolute Gasteiger partial charge is 0.175 e. The largest absolute Gasteiger partial charge is 0.493 e. The first-order chi connectivity index (χ1) is 13.7. The molecule has 1 N–H and O–H groups in total. The fourth-order valence-corrected chi connectivity index (χ4v) is 4.19. The van der Waals surface area contributed by atoms with E-state index in [1.165, 1.54) is 25.7 Å². The molecule has 0 aliphatic heterocycles. The Hall–Kier alpha value is -1.49. The van der Waals surface area contributed by atoms with Crippen molar-refractivity contribution in [3.8, 4) is 11.5 Å². The Bertz CT molecular complexity index is 822. The molecule has 3 rings (SSSR count). The number of rotatable bonds is 9. The van der Waals surface area contributed by atoms with Gasteiger partial charge in [-0.2, -0.15) is 0 Å². The molecule has 1 aliphatic rings. The van der Waals surface area contributed by atoms with Gasteiger partial charge < -0.3 is 14.8 Å². The van der Waals surface area contributed by atoms with Crippen LogP contribution >= 0.6 is 27.5 Å². The standard InChI is InChI=1S/C23H27BrClNO2/c1-27-22-14-18(15-26-12-11-17-7-3-2-4-8-17)13-20(24)23(22)28-16-19-9-5-6-10-21(19)25/h5-7,9-10,13-14,26H,2-4,8,11-12,15-16H2,1H3. The number of hydrogen-bond acceptors (Lipinski definition) is 3. The quantitative estimate of drug-likeness (QED) is 0.332. The third kappa shape index (κ3) is 6.00. The number of ether oxygens (including phenoxy) is 2. The molecule has 2 aromatic rings. The average molecular weight is 465 g/mol. The van der Waals surface area contributed by atoms with Crippen molar-refractivity contribution in [3.05, 3.63) is 68.7 Å².